The molecule has 1 saturated heterocycles. The van der Waals surface area contributed by atoms with Crippen LogP contribution >= 0.6 is 0 Å². The molecule has 3 N–H and O–H groups in total. The number of sulfone groups is 1. The zero-order chi connectivity index (χ0) is 14.5. The minimum atomic E-state index is -3.16. The second kappa shape index (κ2) is 6.20. The summed E-state index contributed by atoms with van der Waals surface area (Å²) < 4.78 is 27.4. The molecule has 1 aliphatic rings. The van der Waals surface area contributed by atoms with Gasteiger partial charge in [-0.15, -0.1) is 0 Å². The number of amides is 2. The summed E-state index contributed by atoms with van der Waals surface area (Å²) in [5, 5.41) is 13.7. The van der Waals surface area contributed by atoms with Crippen LogP contribution < -0.4 is 10.6 Å². The van der Waals surface area contributed by atoms with Crippen molar-refractivity contribution in [3.63, 3.8) is 0 Å². The second-order valence-corrected chi connectivity index (χ2v) is 6.78. The fourth-order valence-corrected chi connectivity index (χ4v) is 2.31. The molecule has 1 unspecified atom stereocenters. The number of hydrogen-bond acceptors (Lipinski definition) is 5. The van der Waals surface area contributed by atoms with Crippen molar-refractivity contribution in [1.82, 2.24) is 10.6 Å². The molecule has 0 aromatic heterocycles. The van der Waals surface area contributed by atoms with Crippen molar-refractivity contribution in [2.24, 2.45) is 0 Å². The molecule has 8 nitrogen and oxygen atoms in total. The molecule has 110 valence electrons. The molecule has 2 amide bonds. The molecule has 1 aliphatic heterocycles. The highest BCUT2D eigenvalue weighted by molar-refractivity contribution is 7.91. The molecule has 0 aromatic carbocycles. The third-order valence-electron chi connectivity index (χ3n) is 2.92. The van der Waals surface area contributed by atoms with Gasteiger partial charge in [-0.05, 0) is 0 Å². The van der Waals surface area contributed by atoms with Crippen LogP contribution in [0.2, 0.25) is 0 Å². The summed E-state index contributed by atoms with van der Waals surface area (Å²) >= 11 is 0. The van der Waals surface area contributed by atoms with Crippen molar-refractivity contribution in [3.8, 4) is 0 Å². The van der Waals surface area contributed by atoms with Crippen LogP contribution in [0.15, 0.2) is 0 Å². The van der Waals surface area contributed by atoms with Crippen molar-refractivity contribution in [1.29, 1.82) is 0 Å². The summed E-state index contributed by atoms with van der Waals surface area (Å²) in [7, 11) is -3.16. The fourth-order valence-electron chi connectivity index (χ4n) is 1.61. The minimum absolute atomic E-state index is 0.00318. The van der Waals surface area contributed by atoms with Gasteiger partial charge >= 0.3 is 12.0 Å². The van der Waals surface area contributed by atoms with E-state index in [0.29, 0.717) is 0 Å². The number of rotatable bonds is 6. The van der Waals surface area contributed by atoms with Gasteiger partial charge in [0.1, 0.15) is 0 Å². The summed E-state index contributed by atoms with van der Waals surface area (Å²) in [6.45, 7) is 1.63. The standard InChI is InChI=1S/C10H18N2O6S/c1-2-19(16,17)6-4-11-9(15)12-10(8(13)14)3-5-18-7-10/h2-7H2,1H3,(H,13,14)(H2,11,12,15). The number of aliphatic carboxylic acids is 1. The van der Waals surface area contributed by atoms with Crippen LogP contribution in [0.3, 0.4) is 0 Å². The Morgan fingerprint density at radius 3 is 2.58 bits per heavy atom. The fraction of sp³-hybridized carbons (Fsp3) is 0.800. The van der Waals surface area contributed by atoms with Crippen LogP contribution in [0.4, 0.5) is 4.79 Å². The van der Waals surface area contributed by atoms with Gasteiger partial charge in [0.15, 0.2) is 15.4 Å². The monoisotopic (exact) mass is 294 g/mol. The lowest BCUT2D eigenvalue weighted by Gasteiger charge is -2.23. The van der Waals surface area contributed by atoms with E-state index in [1.54, 1.807) is 0 Å². The van der Waals surface area contributed by atoms with E-state index >= 15 is 0 Å². The van der Waals surface area contributed by atoms with Crippen LogP contribution in [0.25, 0.3) is 0 Å². The van der Waals surface area contributed by atoms with E-state index < -0.39 is 27.4 Å². The Hall–Kier alpha value is -1.35. The number of nitrogens with one attached hydrogen (secondary N) is 2. The molecule has 19 heavy (non-hydrogen) atoms. The molecule has 1 heterocycles. The van der Waals surface area contributed by atoms with Gasteiger partial charge < -0.3 is 20.5 Å². The van der Waals surface area contributed by atoms with Crippen molar-refractivity contribution in [2.45, 2.75) is 18.9 Å². The van der Waals surface area contributed by atoms with Crippen LogP contribution in [0.1, 0.15) is 13.3 Å². The molecular weight excluding hydrogens is 276 g/mol. The Kier molecular flexibility index (Phi) is 5.12. The maximum absolute atomic E-state index is 11.5. The Balaban J connectivity index is 2.44. The molecule has 0 spiro atoms. The van der Waals surface area contributed by atoms with Crippen molar-refractivity contribution in [3.05, 3.63) is 0 Å². The lowest BCUT2D eigenvalue weighted by atomic mass is 9.99. The molecule has 1 rings (SSSR count). The Morgan fingerprint density at radius 2 is 2.11 bits per heavy atom. The molecule has 0 aromatic rings. The molecule has 1 atom stereocenters. The van der Waals surface area contributed by atoms with Crippen LogP contribution in [-0.2, 0) is 19.4 Å². The van der Waals surface area contributed by atoms with Gasteiger partial charge in [-0.3, -0.25) is 0 Å². The lowest BCUT2D eigenvalue weighted by Crippen LogP contribution is -2.58. The first-order chi connectivity index (χ1) is 8.81. The normalized spacial score (nSPS) is 23.0. The molecule has 9 heteroatoms. The number of urea groups is 1. The number of carbonyl (C=O) groups is 2. The number of ether oxygens (including phenoxy) is 1. The van der Waals surface area contributed by atoms with Gasteiger partial charge in [0.25, 0.3) is 0 Å². The van der Waals surface area contributed by atoms with Crippen molar-refractivity contribution in [2.75, 3.05) is 31.3 Å². The van der Waals surface area contributed by atoms with E-state index in [-0.39, 0.29) is 37.7 Å². The van der Waals surface area contributed by atoms with E-state index in [2.05, 4.69) is 10.6 Å². The zero-order valence-electron chi connectivity index (χ0n) is 10.6. The number of carboxylic acid groups (broad SMARTS) is 1. The Bertz CT molecular complexity index is 441. The van der Waals surface area contributed by atoms with Gasteiger partial charge in [-0.2, -0.15) is 0 Å². The lowest BCUT2D eigenvalue weighted by molar-refractivity contribution is -0.144. The van der Waals surface area contributed by atoms with E-state index in [1.165, 1.54) is 6.92 Å². The van der Waals surface area contributed by atoms with Crippen LogP contribution in [0.5, 0.6) is 0 Å². The third kappa shape index (κ3) is 4.35. The number of carboxylic acids is 1. The zero-order valence-corrected chi connectivity index (χ0v) is 11.5. The Labute approximate surface area is 111 Å². The van der Waals surface area contributed by atoms with Gasteiger partial charge in [0.05, 0.1) is 12.4 Å². The van der Waals surface area contributed by atoms with Crippen molar-refractivity contribution < 1.29 is 27.9 Å². The maximum atomic E-state index is 11.5. The summed E-state index contributed by atoms with van der Waals surface area (Å²) in [5.74, 6) is -1.34. The Morgan fingerprint density at radius 1 is 1.42 bits per heavy atom. The predicted octanol–water partition coefficient (Wildman–Crippen LogP) is -1.04. The van der Waals surface area contributed by atoms with Gasteiger partial charge in [-0.25, -0.2) is 18.0 Å². The number of hydrogen-bond donors (Lipinski definition) is 3. The largest absolute Gasteiger partial charge is 0.479 e. The first-order valence-corrected chi connectivity index (χ1v) is 7.71. The highest BCUT2D eigenvalue weighted by atomic mass is 32.2. The average molecular weight is 294 g/mol. The molecule has 0 saturated carbocycles. The minimum Gasteiger partial charge on any atom is -0.479 e. The average Bonchev–Trinajstić information content (AvgIpc) is 2.78. The topological polar surface area (TPSA) is 122 Å². The highest BCUT2D eigenvalue weighted by Gasteiger charge is 2.43. The second-order valence-electron chi connectivity index (χ2n) is 4.31. The molecular formula is C10H18N2O6S. The molecule has 0 aliphatic carbocycles. The van der Waals surface area contributed by atoms with E-state index in [0.717, 1.165) is 0 Å². The van der Waals surface area contributed by atoms with E-state index in [1.807, 2.05) is 0 Å². The SMILES string of the molecule is CCS(=O)(=O)CCNC(=O)NC1(C(=O)O)CCOC1. The quantitative estimate of drug-likeness (QED) is 0.575. The number of carbonyl (C=O) groups excluding carboxylic acids is 1. The third-order valence-corrected chi connectivity index (χ3v) is 4.63. The molecule has 0 radical (unpaired) electrons. The molecule has 0 bridgehead atoms. The molecule has 1 fully saturated rings. The van der Waals surface area contributed by atoms with Gasteiger partial charge in [0.2, 0.25) is 0 Å². The first kappa shape index (κ1) is 15.7. The van der Waals surface area contributed by atoms with Crippen LogP contribution in [-0.4, -0.2) is 62.3 Å². The van der Waals surface area contributed by atoms with E-state index in [9.17, 15) is 18.0 Å². The highest BCUT2D eigenvalue weighted by Crippen LogP contribution is 2.18. The van der Waals surface area contributed by atoms with Gasteiger partial charge in [-0.1, -0.05) is 6.92 Å². The summed E-state index contributed by atoms with van der Waals surface area (Å²) in [4.78, 5) is 22.7. The van der Waals surface area contributed by atoms with Crippen LogP contribution in [0, 0.1) is 0 Å². The summed E-state index contributed by atoms with van der Waals surface area (Å²) in [6.07, 6.45) is 0.184. The van der Waals surface area contributed by atoms with Crippen molar-refractivity contribution >= 4 is 21.8 Å². The maximum Gasteiger partial charge on any atom is 0.332 e. The first-order valence-electron chi connectivity index (χ1n) is 5.89. The smallest absolute Gasteiger partial charge is 0.332 e. The predicted molar refractivity (Wildman–Crippen MR) is 66.7 cm³/mol. The summed E-state index contributed by atoms with van der Waals surface area (Å²) in [6, 6.07) is -0.709. The van der Waals surface area contributed by atoms with E-state index in [4.69, 9.17) is 9.84 Å². The van der Waals surface area contributed by atoms with Gasteiger partial charge in [0, 0.05) is 25.3 Å². The summed E-state index contributed by atoms with van der Waals surface area (Å²) in [5.41, 5.74) is -1.42.